The Morgan fingerprint density at radius 1 is 1.48 bits per heavy atom. The van der Waals surface area contributed by atoms with Crippen LogP contribution in [0.25, 0.3) is 0 Å². The molecule has 0 saturated heterocycles. The number of amides is 1. The van der Waals surface area contributed by atoms with Gasteiger partial charge < -0.3 is 14.8 Å². The zero-order chi connectivity index (χ0) is 17.1. The van der Waals surface area contributed by atoms with Crippen molar-refractivity contribution in [1.29, 1.82) is 0 Å². The molecule has 0 spiro atoms. The van der Waals surface area contributed by atoms with Crippen molar-refractivity contribution in [2.45, 2.75) is 45.3 Å². The summed E-state index contributed by atoms with van der Waals surface area (Å²) in [5, 5.41) is 17.5. The third-order valence-electron chi connectivity index (χ3n) is 3.60. The zero-order valence-corrected chi connectivity index (χ0v) is 14.5. The molecule has 2 N–H and O–H groups in total. The summed E-state index contributed by atoms with van der Waals surface area (Å²) in [6, 6.07) is 3.17. The fourth-order valence-electron chi connectivity index (χ4n) is 2.42. The molecule has 0 aromatic carbocycles. The lowest BCUT2D eigenvalue weighted by Crippen LogP contribution is -2.34. The fourth-order valence-corrected chi connectivity index (χ4v) is 2.64. The average molecular weight is 340 g/mol. The van der Waals surface area contributed by atoms with Crippen LogP contribution in [-0.2, 0) is 7.05 Å². The summed E-state index contributed by atoms with van der Waals surface area (Å²) < 4.78 is 6.66. The van der Waals surface area contributed by atoms with Gasteiger partial charge in [0.15, 0.2) is 0 Å². The van der Waals surface area contributed by atoms with Crippen molar-refractivity contribution in [3.63, 3.8) is 0 Å². The van der Waals surface area contributed by atoms with E-state index in [2.05, 4.69) is 10.4 Å². The number of hydrogen-bond acceptors (Lipinski definition) is 4. The van der Waals surface area contributed by atoms with Gasteiger partial charge in [0.2, 0.25) is 0 Å². The van der Waals surface area contributed by atoms with Crippen molar-refractivity contribution in [2.24, 2.45) is 7.05 Å². The van der Waals surface area contributed by atoms with E-state index < -0.39 is 6.10 Å². The minimum absolute atomic E-state index is 0.0819. The predicted molar refractivity (Wildman–Crippen MR) is 87.5 cm³/mol. The first-order valence-electron chi connectivity index (χ1n) is 7.56. The largest absolute Gasteiger partial charge is 0.467 e. The lowest BCUT2D eigenvalue weighted by atomic mass is 10.0. The fraction of sp³-hybridized carbons (Fsp3) is 0.500. The molecule has 1 amide bonds. The maximum Gasteiger partial charge on any atom is 0.256 e. The van der Waals surface area contributed by atoms with E-state index in [0.717, 1.165) is 0 Å². The standard InChI is InChI=1S/C16H22ClN3O3/c1-9(2)14-13(15(17)20(4)19-14)16(22)18-10(3)8-11(21)12-6-5-7-23-12/h5-7,9-11,21H,8H2,1-4H3,(H,18,22). The van der Waals surface area contributed by atoms with Crippen LogP contribution in [-0.4, -0.2) is 26.8 Å². The Kier molecular flexibility index (Phi) is 5.49. The van der Waals surface area contributed by atoms with Gasteiger partial charge in [0.1, 0.15) is 17.0 Å². The Labute approximate surface area is 140 Å². The van der Waals surface area contributed by atoms with Gasteiger partial charge in [-0.05, 0) is 25.0 Å². The van der Waals surface area contributed by atoms with Crippen molar-refractivity contribution in [3.05, 3.63) is 40.6 Å². The summed E-state index contributed by atoms with van der Waals surface area (Å²) in [6.07, 6.45) is 1.08. The smallest absolute Gasteiger partial charge is 0.256 e. The van der Waals surface area contributed by atoms with E-state index >= 15 is 0 Å². The van der Waals surface area contributed by atoms with E-state index in [4.69, 9.17) is 16.0 Å². The van der Waals surface area contributed by atoms with E-state index in [-0.39, 0.29) is 17.9 Å². The molecule has 0 radical (unpaired) electrons. The van der Waals surface area contributed by atoms with Crippen molar-refractivity contribution < 1.29 is 14.3 Å². The van der Waals surface area contributed by atoms with Crippen LogP contribution in [0.5, 0.6) is 0 Å². The van der Waals surface area contributed by atoms with Crippen molar-refractivity contribution in [2.75, 3.05) is 0 Å². The van der Waals surface area contributed by atoms with E-state index in [0.29, 0.717) is 28.6 Å². The second-order valence-corrected chi connectivity index (χ2v) is 6.33. The number of aryl methyl sites for hydroxylation is 1. The van der Waals surface area contributed by atoms with Crippen molar-refractivity contribution >= 4 is 17.5 Å². The van der Waals surface area contributed by atoms with Gasteiger partial charge >= 0.3 is 0 Å². The molecule has 2 atom stereocenters. The first kappa shape index (κ1) is 17.6. The van der Waals surface area contributed by atoms with Gasteiger partial charge in [-0.25, -0.2) is 0 Å². The summed E-state index contributed by atoms with van der Waals surface area (Å²) in [7, 11) is 1.70. The van der Waals surface area contributed by atoms with Crippen LogP contribution < -0.4 is 5.32 Å². The molecule has 23 heavy (non-hydrogen) atoms. The number of aliphatic hydroxyl groups is 1. The van der Waals surface area contributed by atoms with Crippen LogP contribution >= 0.6 is 11.6 Å². The first-order chi connectivity index (χ1) is 10.8. The van der Waals surface area contributed by atoms with Crippen LogP contribution in [0.2, 0.25) is 5.15 Å². The molecule has 2 aromatic rings. The number of halogens is 1. The molecule has 0 aliphatic carbocycles. The highest BCUT2D eigenvalue weighted by Crippen LogP contribution is 2.25. The number of rotatable bonds is 6. The Hall–Kier alpha value is -1.79. The van der Waals surface area contributed by atoms with Crippen LogP contribution in [0.15, 0.2) is 22.8 Å². The molecule has 0 aliphatic rings. The topological polar surface area (TPSA) is 80.3 Å². The molecule has 7 heteroatoms. The number of aliphatic hydroxyl groups excluding tert-OH is 1. The molecule has 6 nitrogen and oxygen atoms in total. The molecule has 0 saturated carbocycles. The number of carbonyl (C=O) groups is 1. The Balaban J connectivity index is 2.07. The average Bonchev–Trinajstić information content (AvgIpc) is 3.08. The van der Waals surface area contributed by atoms with Crippen molar-refractivity contribution in [1.82, 2.24) is 15.1 Å². The normalized spacial score (nSPS) is 14.0. The molecule has 126 valence electrons. The summed E-state index contributed by atoms with van der Waals surface area (Å²) in [5.74, 6) is 0.276. The lowest BCUT2D eigenvalue weighted by Gasteiger charge is -2.17. The second kappa shape index (κ2) is 7.19. The van der Waals surface area contributed by atoms with Gasteiger partial charge in [0, 0.05) is 19.5 Å². The highest BCUT2D eigenvalue weighted by Gasteiger charge is 2.25. The number of nitrogens with zero attached hydrogens (tertiary/aromatic N) is 2. The number of nitrogens with one attached hydrogen (secondary N) is 1. The van der Waals surface area contributed by atoms with E-state index in [1.165, 1.54) is 10.9 Å². The molecule has 2 heterocycles. The highest BCUT2D eigenvalue weighted by molar-refractivity contribution is 6.33. The quantitative estimate of drug-likeness (QED) is 0.847. The van der Waals surface area contributed by atoms with Crippen LogP contribution in [0.3, 0.4) is 0 Å². The molecule has 0 fully saturated rings. The second-order valence-electron chi connectivity index (χ2n) is 5.97. The highest BCUT2D eigenvalue weighted by atomic mass is 35.5. The molecule has 2 aromatic heterocycles. The Morgan fingerprint density at radius 3 is 2.74 bits per heavy atom. The summed E-state index contributed by atoms with van der Waals surface area (Å²) in [4.78, 5) is 12.5. The van der Waals surface area contributed by atoms with Gasteiger partial charge in [0.25, 0.3) is 5.91 Å². The van der Waals surface area contributed by atoms with Gasteiger partial charge in [-0.3, -0.25) is 9.48 Å². The van der Waals surface area contributed by atoms with Crippen LogP contribution in [0, 0.1) is 0 Å². The number of furan rings is 1. The number of aromatic nitrogens is 2. The minimum atomic E-state index is -0.769. The minimum Gasteiger partial charge on any atom is -0.467 e. The van der Waals surface area contributed by atoms with Gasteiger partial charge in [0.05, 0.1) is 17.5 Å². The summed E-state index contributed by atoms with van der Waals surface area (Å²) in [6.45, 7) is 5.74. The maximum atomic E-state index is 12.5. The first-order valence-corrected chi connectivity index (χ1v) is 7.93. The van der Waals surface area contributed by atoms with Gasteiger partial charge in [-0.15, -0.1) is 0 Å². The molecular formula is C16H22ClN3O3. The third-order valence-corrected chi connectivity index (χ3v) is 4.04. The van der Waals surface area contributed by atoms with Gasteiger partial charge in [-0.1, -0.05) is 25.4 Å². The molecule has 2 unspecified atom stereocenters. The Morgan fingerprint density at radius 2 is 2.17 bits per heavy atom. The van der Waals surface area contributed by atoms with E-state index in [1.54, 1.807) is 19.2 Å². The predicted octanol–water partition coefficient (Wildman–Crippen LogP) is 3.03. The van der Waals surface area contributed by atoms with E-state index in [9.17, 15) is 9.90 Å². The Bertz CT molecular complexity index is 664. The van der Waals surface area contributed by atoms with Crippen LogP contribution in [0.1, 0.15) is 61.0 Å². The molecule has 0 bridgehead atoms. The molecule has 2 rings (SSSR count). The summed E-state index contributed by atoms with van der Waals surface area (Å²) in [5.41, 5.74) is 1.05. The van der Waals surface area contributed by atoms with Crippen LogP contribution in [0.4, 0.5) is 0 Å². The monoisotopic (exact) mass is 339 g/mol. The van der Waals surface area contributed by atoms with Crippen molar-refractivity contribution in [3.8, 4) is 0 Å². The van der Waals surface area contributed by atoms with E-state index in [1.807, 2.05) is 20.8 Å². The molecule has 0 aliphatic heterocycles. The van der Waals surface area contributed by atoms with Gasteiger partial charge in [-0.2, -0.15) is 5.10 Å². The number of carbonyl (C=O) groups excluding carboxylic acids is 1. The maximum absolute atomic E-state index is 12.5. The third kappa shape index (κ3) is 3.95. The number of hydrogen-bond donors (Lipinski definition) is 2. The molecular weight excluding hydrogens is 318 g/mol. The zero-order valence-electron chi connectivity index (χ0n) is 13.7. The summed E-state index contributed by atoms with van der Waals surface area (Å²) >= 11 is 6.20. The SMILES string of the molecule is CC(CC(O)c1ccco1)NC(=O)c1c(C(C)C)nn(C)c1Cl. The lowest BCUT2D eigenvalue weighted by molar-refractivity contribution is 0.0902.